The summed E-state index contributed by atoms with van der Waals surface area (Å²) in [7, 11) is 0. The molecule has 0 aliphatic heterocycles. The molecule has 5 heteroatoms. The fourth-order valence-electron chi connectivity index (χ4n) is 2.18. The first-order valence-corrected chi connectivity index (χ1v) is 7.85. The van der Waals surface area contributed by atoms with Crippen molar-refractivity contribution >= 4 is 39.7 Å². The molecule has 3 aromatic rings. The van der Waals surface area contributed by atoms with Crippen molar-refractivity contribution in [3.8, 4) is 0 Å². The predicted molar refractivity (Wildman–Crippen MR) is 87.1 cm³/mol. The Morgan fingerprint density at radius 1 is 1.24 bits per heavy atom. The molecule has 0 saturated carbocycles. The topological polar surface area (TPSA) is 42.0 Å². The van der Waals surface area contributed by atoms with Gasteiger partial charge in [-0.25, -0.2) is 4.98 Å². The number of halogens is 1. The molecular weight excluding hydrogens is 304 g/mol. The molecule has 106 valence electrons. The molecule has 3 nitrogen and oxygen atoms in total. The Kier molecular flexibility index (Phi) is 4.18. The first-order chi connectivity index (χ1) is 10.2. The van der Waals surface area contributed by atoms with E-state index in [-0.39, 0.29) is 5.91 Å². The van der Waals surface area contributed by atoms with Crippen LogP contribution >= 0.6 is 22.9 Å². The van der Waals surface area contributed by atoms with E-state index >= 15 is 0 Å². The van der Waals surface area contributed by atoms with Crippen LogP contribution in [0.4, 0.5) is 0 Å². The number of thiophene rings is 1. The van der Waals surface area contributed by atoms with Crippen molar-refractivity contribution in [2.45, 2.75) is 6.42 Å². The SMILES string of the molecule is O=C(NCCc1cccs1)c1cc(Cl)nc2ccccc12. The number of amides is 1. The van der Waals surface area contributed by atoms with Crippen LogP contribution in [0.1, 0.15) is 15.2 Å². The van der Waals surface area contributed by atoms with Gasteiger partial charge in [0.25, 0.3) is 5.91 Å². The Hall–Kier alpha value is -1.91. The van der Waals surface area contributed by atoms with E-state index in [9.17, 15) is 4.79 Å². The number of hydrogen-bond acceptors (Lipinski definition) is 3. The number of carbonyl (C=O) groups is 1. The number of para-hydroxylation sites is 1. The largest absolute Gasteiger partial charge is 0.352 e. The van der Waals surface area contributed by atoms with Crippen LogP contribution in [0.15, 0.2) is 47.8 Å². The maximum atomic E-state index is 12.3. The number of nitrogens with zero attached hydrogens (tertiary/aromatic N) is 1. The van der Waals surface area contributed by atoms with Gasteiger partial charge in [0, 0.05) is 16.8 Å². The number of aromatic nitrogens is 1. The number of rotatable bonds is 4. The molecule has 0 bridgehead atoms. The minimum absolute atomic E-state index is 0.118. The van der Waals surface area contributed by atoms with Gasteiger partial charge in [0.2, 0.25) is 0 Å². The van der Waals surface area contributed by atoms with Crippen LogP contribution in [0.2, 0.25) is 5.15 Å². The van der Waals surface area contributed by atoms with Crippen molar-refractivity contribution in [1.82, 2.24) is 10.3 Å². The van der Waals surface area contributed by atoms with Crippen LogP contribution < -0.4 is 5.32 Å². The summed E-state index contributed by atoms with van der Waals surface area (Å²) in [6.07, 6.45) is 0.833. The lowest BCUT2D eigenvalue weighted by atomic mass is 10.1. The number of nitrogens with one attached hydrogen (secondary N) is 1. The van der Waals surface area contributed by atoms with Gasteiger partial charge in [-0.3, -0.25) is 4.79 Å². The summed E-state index contributed by atoms with van der Waals surface area (Å²) < 4.78 is 0. The van der Waals surface area contributed by atoms with Gasteiger partial charge in [0.05, 0.1) is 11.1 Å². The highest BCUT2D eigenvalue weighted by molar-refractivity contribution is 7.09. The molecule has 21 heavy (non-hydrogen) atoms. The highest BCUT2D eigenvalue weighted by Crippen LogP contribution is 2.20. The van der Waals surface area contributed by atoms with Crippen molar-refractivity contribution < 1.29 is 4.79 Å². The van der Waals surface area contributed by atoms with Crippen LogP contribution in [0.3, 0.4) is 0 Å². The van der Waals surface area contributed by atoms with Crippen molar-refractivity contribution in [2.75, 3.05) is 6.54 Å². The number of carbonyl (C=O) groups excluding carboxylic acids is 1. The lowest BCUT2D eigenvalue weighted by Gasteiger charge is -2.08. The summed E-state index contributed by atoms with van der Waals surface area (Å²) in [5.74, 6) is -0.118. The zero-order chi connectivity index (χ0) is 14.7. The molecule has 0 radical (unpaired) electrons. The average Bonchev–Trinajstić information content (AvgIpc) is 2.99. The second kappa shape index (κ2) is 6.24. The average molecular weight is 317 g/mol. The van der Waals surface area contributed by atoms with Crippen molar-refractivity contribution in [2.24, 2.45) is 0 Å². The number of fused-ring (bicyclic) bond motifs is 1. The van der Waals surface area contributed by atoms with Gasteiger partial charge in [-0.15, -0.1) is 11.3 Å². The zero-order valence-corrected chi connectivity index (χ0v) is 12.7. The van der Waals surface area contributed by atoms with Gasteiger partial charge >= 0.3 is 0 Å². The minimum Gasteiger partial charge on any atom is -0.352 e. The van der Waals surface area contributed by atoms with Crippen molar-refractivity contribution in [3.63, 3.8) is 0 Å². The van der Waals surface area contributed by atoms with E-state index in [4.69, 9.17) is 11.6 Å². The first-order valence-electron chi connectivity index (χ1n) is 6.60. The van der Waals surface area contributed by atoms with E-state index in [1.165, 1.54) is 4.88 Å². The maximum absolute atomic E-state index is 12.3. The zero-order valence-electron chi connectivity index (χ0n) is 11.2. The van der Waals surface area contributed by atoms with Crippen molar-refractivity contribution in [3.05, 3.63) is 63.4 Å². The molecule has 0 atom stereocenters. The highest BCUT2D eigenvalue weighted by Gasteiger charge is 2.11. The van der Waals surface area contributed by atoms with Gasteiger partial charge in [0.1, 0.15) is 5.15 Å². The molecule has 0 aliphatic rings. The normalized spacial score (nSPS) is 10.7. The van der Waals surface area contributed by atoms with Crippen LogP contribution in [0.25, 0.3) is 10.9 Å². The molecule has 1 amide bonds. The van der Waals surface area contributed by atoms with E-state index in [0.29, 0.717) is 17.3 Å². The summed E-state index contributed by atoms with van der Waals surface area (Å²) in [6, 6.07) is 13.2. The Bertz CT molecular complexity index is 771. The monoisotopic (exact) mass is 316 g/mol. The maximum Gasteiger partial charge on any atom is 0.252 e. The predicted octanol–water partition coefficient (Wildman–Crippen LogP) is 3.92. The third-order valence-electron chi connectivity index (χ3n) is 3.17. The quantitative estimate of drug-likeness (QED) is 0.741. The molecule has 0 fully saturated rings. The van der Waals surface area contributed by atoms with Gasteiger partial charge in [-0.05, 0) is 30.0 Å². The molecule has 0 saturated heterocycles. The Labute approximate surface area is 131 Å². The summed E-state index contributed by atoms with van der Waals surface area (Å²) >= 11 is 7.69. The number of pyridine rings is 1. The molecule has 0 spiro atoms. The van der Waals surface area contributed by atoms with Gasteiger partial charge in [0.15, 0.2) is 0 Å². The highest BCUT2D eigenvalue weighted by atomic mass is 35.5. The standard InChI is InChI=1S/C16H13ClN2OS/c17-15-10-13(12-5-1-2-6-14(12)19-15)16(20)18-8-7-11-4-3-9-21-11/h1-6,9-10H,7-8H2,(H,18,20). The summed E-state index contributed by atoms with van der Waals surface area (Å²) in [6.45, 7) is 0.605. The molecule has 2 aromatic heterocycles. The van der Waals surface area contributed by atoms with Crippen LogP contribution in [0.5, 0.6) is 0 Å². The molecule has 1 aromatic carbocycles. The molecule has 0 aliphatic carbocycles. The van der Waals surface area contributed by atoms with Crippen molar-refractivity contribution in [1.29, 1.82) is 0 Å². The second-order valence-corrected chi connectivity index (χ2v) is 6.01. The fraction of sp³-hybridized carbons (Fsp3) is 0.125. The lowest BCUT2D eigenvalue weighted by molar-refractivity contribution is 0.0956. The molecule has 1 N–H and O–H groups in total. The van der Waals surface area contributed by atoms with Crippen LogP contribution in [0, 0.1) is 0 Å². The van der Waals surface area contributed by atoms with E-state index < -0.39 is 0 Å². The molecular formula is C16H13ClN2OS. The summed E-state index contributed by atoms with van der Waals surface area (Å²) in [4.78, 5) is 17.8. The second-order valence-electron chi connectivity index (χ2n) is 4.59. The molecule has 3 rings (SSSR count). The van der Waals surface area contributed by atoms with Crippen LogP contribution in [-0.4, -0.2) is 17.4 Å². The fourth-order valence-corrected chi connectivity index (χ4v) is 3.09. The Balaban J connectivity index is 1.78. The summed E-state index contributed by atoms with van der Waals surface area (Å²) in [5, 5.41) is 6.12. The Morgan fingerprint density at radius 3 is 2.90 bits per heavy atom. The van der Waals surface area contributed by atoms with E-state index in [1.807, 2.05) is 35.7 Å². The third-order valence-corrected chi connectivity index (χ3v) is 4.30. The smallest absolute Gasteiger partial charge is 0.252 e. The van der Waals surface area contributed by atoms with Gasteiger partial charge in [-0.2, -0.15) is 0 Å². The number of hydrogen-bond donors (Lipinski definition) is 1. The van der Waals surface area contributed by atoms with E-state index in [0.717, 1.165) is 17.3 Å². The van der Waals surface area contributed by atoms with Crippen LogP contribution in [-0.2, 0) is 6.42 Å². The van der Waals surface area contributed by atoms with Gasteiger partial charge < -0.3 is 5.32 Å². The van der Waals surface area contributed by atoms with Gasteiger partial charge in [-0.1, -0.05) is 35.9 Å². The number of benzene rings is 1. The minimum atomic E-state index is -0.118. The third kappa shape index (κ3) is 3.23. The molecule has 2 heterocycles. The first kappa shape index (κ1) is 14.0. The van der Waals surface area contributed by atoms with E-state index in [2.05, 4.69) is 16.4 Å². The lowest BCUT2D eigenvalue weighted by Crippen LogP contribution is -2.25. The Morgan fingerprint density at radius 2 is 2.10 bits per heavy atom. The summed E-state index contributed by atoms with van der Waals surface area (Å²) in [5.41, 5.74) is 1.30. The molecule has 0 unspecified atom stereocenters. The van der Waals surface area contributed by atoms with E-state index in [1.54, 1.807) is 17.4 Å².